The lowest BCUT2D eigenvalue weighted by molar-refractivity contribution is -0.141. The Morgan fingerprint density at radius 2 is 1.76 bits per heavy atom. The third-order valence-corrected chi connectivity index (χ3v) is 9.19. The summed E-state index contributed by atoms with van der Waals surface area (Å²) in [5.41, 5.74) is 2.14. The van der Waals surface area contributed by atoms with Gasteiger partial charge in [-0.3, -0.25) is 14.4 Å². The Balaban J connectivity index is 1.48. The van der Waals surface area contributed by atoms with E-state index in [1.807, 2.05) is 38.1 Å². The van der Waals surface area contributed by atoms with E-state index in [2.05, 4.69) is 5.32 Å². The maximum Gasteiger partial charge on any atom is 0.269 e. The van der Waals surface area contributed by atoms with Crippen LogP contribution in [-0.2, 0) is 26.2 Å². The minimum absolute atomic E-state index is 0.00198. The van der Waals surface area contributed by atoms with Crippen molar-refractivity contribution >= 4 is 27.7 Å². The third-order valence-electron chi connectivity index (χ3n) is 7.35. The smallest absolute Gasteiger partial charge is 0.269 e. The molecule has 2 aliphatic rings. The molecule has 1 saturated carbocycles. The number of sulfonamides is 1. The molecule has 9 heteroatoms. The summed E-state index contributed by atoms with van der Waals surface area (Å²) >= 11 is 0. The summed E-state index contributed by atoms with van der Waals surface area (Å²) in [6.07, 6.45) is 4.75. The predicted octanol–water partition coefficient (Wildman–Crippen LogP) is 3.79. The lowest BCUT2D eigenvalue weighted by Gasteiger charge is -2.32. The highest BCUT2D eigenvalue weighted by Crippen LogP contribution is 2.30. The van der Waals surface area contributed by atoms with E-state index in [0.29, 0.717) is 6.42 Å². The number of nitrogens with zero attached hydrogens (tertiary/aromatic N) is 2. The molecule has 198 valence electrons. The van der Waals surface area contributed by atoms with Crippen molar-refractivity contribution in [1.82, 2.24) is 14.5 Å². The molecule has 1 N–H and O–H groups in total. The van der Waals surface area contributed by atoms with Gasteiger partial charge in [-0.05, 0) is 55.9 Å². The van der Waals surface area contributed by atoms with Gasteiger partial charge in [-0.15, -0.1) is 0 Å². The van der Waals surface area contributed by atoms with E-state index in [1.165, 1.54) is 12.1 Å². The molecule has 3 amide bonds. The van der Waals surface area contributed by atoms with Gasteiger partial charge >= 0.3 is 0 Å². The molecule has 0 aromatic heterocycles. The number of nitrogens with one attached hydrogen (secondary N) is 1. The SMILES string of the molecule is CCC(C(=O)NC1CCCC1)N(Cc1ccccc1C)C(=O)CCCN1C(=O)c2ccccc2S1(=O)=O. The van der Waals surface area contributed by atoms with E-state index >= 15 is 0 Å². The summed E-state index contributed by atoms with van der Waals surface area (Å²) in [5.74, 6) is -0.954. The molecule has 4 rings (SSSR count). The lowest BCUT2D eigenvalue weighted by atomic mass is 10.0. The summed E-state index contributed by atoms with van der Waals surface area (Å²) in [6, 6.07) is 13.4. The number of carbonyl (C=O) groups is 3. The first kappa shape index (κ1) is 26.9. The van der Waals surface area contributed by atoms with Crippen LogP contribution >= 0.6 is 0 Å². The van der Waals surface area contributed by atoms with Crippen molar-refractivity contribution in [3.63, 3.8) is 0 Å². The van der Waals surface area contributed by atoms with Crippen LogP contribution in [0.1, 0.15) is 73.4 Å². The fraction of sp³-hybridized carbons (Fsp3) is 0.464. The number of aryl methyl sites for hydroxylation is 1. The zero-order valence-electron chi connectivity index (χ0n) is 21.5. The van der Waals surface area contributed by atoms with E-state index < -0.39 is 22.0 Å². The van der Waals surface area contributed by atoms with Gasteiger partial charge in [0.15, 0.2) is 0 Å². The Bertz CT molecular complexity index is 1270. The molecule has 1 aliphatic heterocycles. The van der Waals surface area contributed by atoms with Crippen molar-refractivity contribution in [3.05, 3.63) is 65.2 Å². The van der Waals surface area contributed by atoms with Crippen LogP contribution in [0.4, 0.5) is 0 Å². The first-order valence-corrected chi connectivity index (χ1v) is 14.5. The molecule has 0 radical (unpaired) electrons. The van der Waals surface area contributed by atoms with Crippen LogP contribution in [0, 0.1) is 6.92 Å². The fourth-order valence-electron chi connectivity index (χ4n) is 5.23. The van der Waals surface area contributed by atoms with E-state index in [-0.39, 0.29) is 54.2 Å². The molecule has 1 atom stereocenters. The van der Waals surface area contributed by atoms with Crippen LogP contribution in [-0.4, -0.2) is 54.0 Å². The molecule has 1 aliphatic carbocycles. The van der Waals surface area contributed by atoms with Crippen molar-refractivity contribution in [3.8, 4) is 0 Å². The monoisotopic (exact) mass is 525 g/mol. The van der Waals surface area contributed by atoms with Crippen molar-refractivity contribution in [2.24, 2.45) is 0 Å². The summed E-state index contributed by atoms with van der Waals surface area (Å²) in [4.78, 5) is 41.1. The van der Waals surface area contributed by atoms with Gasteiger partial charge < -0.3 is 10.2 Å². The van der Waals surface area contributed by atoms with Crippen molar-refractivity contribution in [2.45, 2.75) is 82.3 Å². The first-order valence-electron chi connectivity index (χ1n) is 13.0. The van der Waals surface area contributed by atoms with Gasteiger partial charge in [0.1, 0.15) is 10.9 Å². The summed E-state index contributed by atoms with van der Waals surface area (Å²) in [5, 5.41) is 3.13. The zero-order valence-corrected chi connectivity index (χ0v) is 22.3. The number of amides is 3. The fourth-order valence-corrected chi connectivity index (χ4v) is 6.84. The maximum absolute atomic E-state index is 13.5. The molecule has 0 spiro atoms. The molecule has 0 saturated heterocycles. The predicted molar refractivity (Wildman–Crippen MR) is 140 cm³/mol. The normalized spacial score (nSPS) is 17.5. The van der Waals surface area contributed by atoms with E-state index in [1.54, 1.807) is 17.0 Å². The van der Waals surface area contributed by atoms with E-state index in [4.69, 9.17) is 0 Å². The average molecular weight is 526 g/mol. The van der Waals surface area contributed by atoms with Gasteiger partial charge in [-0.1, -0.05) is 56.2 Å². The second-order valence-electron chi connectivity index (χ2n) is 9.84. The first-order chi connectivity index (χ1) is 17.7. The zero-order chi connectivity index (χ0) is 26.6. The van der Waals surface area contributed by atoms with Crippen LogP contribution in [0.25, 0.3) is 0 Å². The van der Waals surface area contributed by atoms with Crippen molar-refractivity contribution < 1.29 is 22.8 Å². The number of benzene rings is 2. The summed E-state index contributed by atoms with van der Waals surface area (Å²) < 4.78 is 26.5. The van der Waals surface area contributed by atoms with Crippen molar-refractivity contribution in [1.29, 1.82) is 0 Å². The molecule has 2 aromatic rings. The van der Waals surface area contributed by atoms with Gasteiger partial charge in [-0.25, -0.2) is 12.7 Å². The van der Waals surface area contributed by atoms with Crippen LogP contribution in [0.5, 0.6) is 0 Å². The van der Waals surface area contributed by atoms with Gasteiger partial charge in [0.25, 0.3) is 15.9 Å². The summed E-state index contributed by atoms with van der Waals surface area (Å²) in [7, 11) is -3.92. The largest absolute Gasteiger partial charge is 0.352 e. The number of hydrogen-bond donors (Lipinski definition) is 1. The van der Waals surface area contributed by atoms with Gasteiger partial charge in [0.2, 0.25) is 11.8 Å². The lowest BCUT2D eigenvalue weighted by Crippen LogP contribution is -2.51. The number of rotatable bonds is 10. The van der Waals surface area contributed by atoms with E-state index in [9.17, 15) is 22.8 Å². The molecular formula is C28H35N3O5S. The molecule has 2 aromatic carbocycles. The second kappa shape index (κ2) is 11.5. The highest BCUT2D eigenvalue weighted by molar-refractivity contribution is 7.90. The third kappa shape index (κ3) is 5.71. The topological polar surface area (TPSA) is 104 Å². The molecule has 1 heterocycles. The van der Waals surface area contributed by atoms with E-state index in [0.717, 1.165) is 41.1 Å². The number of hydrogen-bond acceptors (Lipinski definition) is 5. The Labute approximate surface area is 219 Å². The molecule has 37 heavy (non-hydrogen) atoms. The number of fused-ring (bicyclic) bond motifs is 1. The minimum atomic E-state index is -3.92. The standard InChI is InChI=1S/C28H35N3O5S/c1-3-24(27(33)29-22-13-6-7-14-22)30(19-21-12-5-4-11-20(21)2)26(32)17-10-18-31-28(34)23-15-8-9-16-25(23)37(31,35)36/h4-5,8-9,11-12,15-16,22,24H,3,6-7,10,13-14,17-19H2,1-2H3,(H,29,33). The quantitative estimate of drug-likeness (QED) is 0.508. The van der Waals surface area contributed by atoms with Gasteiger partial charge in [0.05, 0.1) is 5.56 Å². The Kier molecular flexibility index (Phi) is 8.32. The van der Waals surface area contributed by atoms with Crippen LogP contribution in [0.2, 0.25) is 0 Å². The van der Waals surface area contributed by atoms with Crippen LogP contribution < -0.4 is 5.32 Å². The Morgan fingerprint density at radius 1 is 1.08 bits per heavy atom. The highest BCUT2D eigenvalue weighted by Gasteiger charge is 2.40. The maximum atomic E-state index is 13.5. The van der Waals surface area contributed by atoms with Gasteiger partial charge in [-0.2, -0.15) is 0 Å². The molecular weight excluding hydrogens is 490 g/mol. The second-order valence-corrected chi connectivity index (χ2v) is 11.7. The number of carbonyl (C=O) groups excluding carboxylic acids is 3. The molecule has 1 unspecified atom stereocenters. The molecule has 0 bridgehead atoms. The Hall–Kier alpha value is -3.20. The van der Waals surface area contributed by atoms with Crippen molar-refractivity contribution in [2.75, 3.05) is 6.54 Å². The Morgan fingerprint density at radius 3 is 2.43 bits per heavy atom. The van der Waals surface area contributed by atoms with Gasteiger partial charge in [0, 0.05) is 25.6 Å². The molecule has 8 nitrogen and oxygen atoms in total. The van der Waals surface area contributed by atoms with Crippen LogP contribution in [0.15, 0.2) is 53.4 Å². The summed E-state index contributed by atoms with van der Waals surface area (Å²) in [6.45, 7) is 4.06. The molecule has 1 fully saturated rings. The van der Waals surface area contributed by atoms with Crippen LogP contribution in [0.3, 0.4) is 0 Å². The average Bonchev–Trinajstić information content (AvgIpc) is 3.45. The highest BCUT2D eigenvalue weighted by atomic mass is 32.2. The minimum Gasteiger partial charge on any atom is -0.352 e.